The van der Waals surface area contributed by atoms with Crippen LogP contribution in [0.2, 0.25) is 0 Å². The fraction of sp³-hybridized carbons (Fsp3) is 0.368. The van der Waals surface area contributed by atoms with Gasteiger partial charge >= 0.3 is 0 Å². The van der Waals surface area contributed by atoms with Gasteiger partial charge in [-0.2, -0.15) is 10.2 Å². The summed E-state index contributed by atoms with van der Waals surface area (Å²) in [5.41, 5.74) is 4.52. The molecule has 0 aliphatic rings. The van der Waals surface area contributed by atoms with Gasteiger partial charge in [-0.25, -0.2) is 9.67 Å². The Morgan fingerprint density at radius 2 is 2.15 bits per heavy atom. The molecule has 0 aliphatic heterocycles. The largest absolute Gasteiger partial charge is 0.342 e. The Morgan fingerprint density at radius 1 is 1.35 bits per heavy atom. The lowest BCUT2D eigenvalue weighted by Crippen LogP contribution is -2.29. The number of benzene rings is 1. The number of carbonyl (C=O) groups is 1. The number of aryl methyl sites for hydroxylation is 3. The van der Waals surface area contributed by atoms with E-state index in [-0.39, 0.29) is 11.9 Å². The van der Waals surface area contributed by atoms with Crippen LogP contribution in [0.15, 0.2) is 30.6 Å². The first-order valence-corrected chi connectivity index (χ1v) is 8.81. The summed E-state index contributed by atoms with van der Waals surface area (Å²) in [6.45, 7) is 8.71. The van der Waals surface area contributed by atoms with Gasteiger partial charge in [0, 0.05) is 23.4 Å². The van der Waals surface area contributed by atoms with Crippen LogP contribution in [-0.4, -0.2) is 30.9 Å². The van der Waals surface area contributed by atoms with Crippen molar-refractivity contribution < 1.29 is 4.79 Å². The molecular formula is C19H24N6O. The number of carbonyl (C=O) groups excluding carboxylic acids is 1. The Hall–Kier alpha value is -2.96. The number of rotatable bonds is 6. The van der Waals surface area contributed by atoms with Gasteiger partial charge in [0.2, 0.25) is 0 Å². The van der Waals surface area contributed by atoms with Gasteiger partial charge in [0.1, 0.15) is 12.2 Å². The Balaban J connectivity index is 1.80. The van der Waals surface area contributed by atoms with E-state index in [0.717, 1.165) is 41.3 Å². The number of hydrogen-bond acceptors (Lipinski definition) is 4. The first kappa shape index (κ1) is 17.8. The molecule has 7 nitrogen and oxygen atoms in total. The topological polar surface area (TPSA) is 88.5 Å². The molecule has 0 saturated carbocycles. The Labute approximate surface area is 152 Å². The summed E-state index contributed by atoms with van der Waals surface area (Å²) < 4.78 is 1.83. The van der Waals surface area contributed by atoms with E-state index in [1.165, 1.54) is 6.33 Å². The van der Waals surface area contributed by atoms with Crippen molar-refractivity contribution in [2.24, 2.45) is 0 Å². The summed E-state index contributed by atoms with van der Waals surface area (Å²) in [5.74, 6) is 0.627. The van der Waals surface area contributed by atoms with Gasteiger partial charge in [0.25, 0.3) is 5.91 Å². The molecule has 0 fully saturated rings. The second-order valence-electron chi connectivity index (χ2n) is 6.43. The minimum absolute atomic E-state index is 0.135. The molecule has 2 heterocycles. The number of hydrogen-bond donors (Lipinski definition) is 2. The molecule has 3 aromatic rings. The van der Waals surface area contributed by atoms with E-state index in [2.05, 4.69) is 32.5 Å². The molecular weight excluding hydrogens is 328 g/mol. The number of aromatic nitrogens is 5. The fourth-order valence-electron chi connectivity index (χ4n) is 3.13. The zero-order valence-electron chi connectivity index (χ0n) is 15.6. The van der Waals surface area contributed by atoms with Crippen LogP contribution in [0.1, 0.15) is 53.9 Å². The van der Waals surface area contributed by atoms with Crippen LogP contribution in [0.25, 0.3) is 11.1 Å². The van der Waals surface area contributed by atoms with Gasteiger partial charge in [-0.05, 0) is 44.9 Å². The van der Waals surface area contributed by atoms with E-state index in [1.54, 1.807) is 0 Å². The minimum atomic E-state index is -0.224. The third-order valence-electron chi connectivity index (χ3n) is 4.36. The molecule has 1 amide bonds. The van der Waals surface area contributed by atoms with Gasteiger partial charge in [-0.15, -0.1) is 0 Å². The lowest BCUT2D eigenvalue weighted by molar-refractivity contribution is 0.0937. The van der Waals surface area contributed by atoms with E-state index in [9.17, 15) is 4.79 Å². The summed E-state index contributed by atoms with van der Waals surface area (Å²) in [7, 11) is 0. The molecule has 0 aliphatic carbocycles. The molecule has 7 heteroatoms. The number of H-pyrrole nitrogens is 1. The fourth-order valence-corrected chi connectivity index (χ4v) is 3.13. The van der Waals surface area contributed by atoms with Crippen LogP contribution in [0.5, 0.6) is 0 Å². The molecule has 2 aromatic heterocycles. The van der Waals surface area contributed by atoms with Crippen LogP contribution in [0.3, 0.4) is 0 Å². The third-order valence-corrected chi connectivity index (χ3v) is 4.36. The standard InChI is InChI=1S/C19H24N6O/c1-5-9-25-18(20-11-21-25)14(4)22-19(26)16-8-6-7-15(10-16)17-12(2)23-24-13(17)3/h6-8,10-11,14H,5,9H2,1-4H3,(H,22,26)(H,23,24)/t14-/m0/s1. The highest BCUT2D eigenvalue weighted by molar-refractivity contribution is 5.95. The van der Waals surface area contributed by atoms with Crippen LogP contribution in [-0.2, 0) is 6.54 Å². The maximum absolute atomic E-state index is 12.7. The molecule has 0 spiro atoms. The van der Waals surface area contributed by atoms with Crippen molar-refractivity contribution in [1.29, 1.82) is 0 Å². The quantitative estimate of drug-likeness (QED) is 0.713. The Kier molecular flexibility index (Phi) is 5.16. The molecule has 26 heavy (non-hydrogen) atoms. The molecule has 0 bridgehead atoms. The van der Waals surface area contributed by atoms with Crippen molar-refractivity contribution in [1.82, 2.24) is 30.3 Å². The monoisotopic (exact) mass is 352 g/mol. The molecule has 0 radical (unpaired) electrons. The number of nitrogens with zero attached hydrogens (tertiary/aromatic N) is 4. The molecule has 1 aromatic carbocycles. The first-order valence-electron chi connectivity index (χ1n) is 8.81. The normalized spacial score (nSPS) is 12.2. The summed E-state index contributed by atoms with van der Waals surface area (Å²) >= 11 is 0. The van der Waals surface area contributed by atoms with Crippen molar-refractivity contribution in [3.05, 3.63) is 53.4 Å². The number of amides is 1. The highest BCUT2D eigenvalue weighted by atomic mass is 16.1. The molecule has 2 N–H and O–H groups in total. The van der Waals surface area contributed by atoms with Crippen molar-refractivity contribution in [2.75, 3.05) is 0 Å². The van der Waals surface area contributed by atoms with Crippen LogP contribution in [0.4, 0.5) is 0 Å². The molecule has 0 saturated heterocycles. The molecule has 0 unspecified atom stereocenters. The molecule has 136 valence electrons. The zero-order chi connectivity index (χ0) is 18.7. The van der Waals surface area contributed by atoms with Crippen molar-refractivity contribution in [2.45, 2.75) is 46.7 Å². The highest BCUT2D eigenvalue weighted by Gasteiger charge is 2.17. The van der Waals surface area contributed by atoms with Gasteiger partial charge in [-0.1, -0.05) is 19.1 Å². The van der Waals surface area contributed by atoms with Gasteiger partial charge in [0.05, 0.1) is 11.7 Å². The van der Waals surface area contributed by atoms with Crippen LogP contribution in [0, 0.1) is 13.8 Å². The van der Waals surface area contributed by atoms with Crippen LogP contribution < -0.4 is 5.32 Å². The Bertz CT molecular complexity index is 891. The summed E-state index contributed by atoms with van der Waals surface area (Å²) in [5, 5.41) is 14.4. The zero-order valence-corrected chi connectivity index (χ0v) is 15.6. The summed E-state index contributed by atoms with van der Waals surface area (Å²) in [4.78, 5) is 17.0. The Morgan fingerprint density at radius 3 is 2.85 bits per heavy atom. The SMILES string of the molecule is CCCn1ncnc1[C@H](C)NC(=O)c1cccc(-c2c(C)n[nH]c2C)c1. The number of nitrogens with one attached hydrogen (secondary N) is 2. The maximum atomic E-state index is 12.7. The third kappa shape index (κ3) is 3.51. The van der Waals surface area contributed by atoms with Gasteiger partial charge in [-0.3, -0.25) is 9.89 Å². The van der Waals surface area contributed by atoms with E-state index >= 15 is 0 Å². The summed E-state index contributed by atoms with van der Waals surface area (Å²) in [6.07, 6.45) is 2.49. The van der Waals surface area contributed by atoms with E-state index in [0.29, 0.717) is 5.56 Å². The minimum Gasteiger partial charge on any atom is -0.342 e. The average molecular weight is 352 g/mol. The van der Waals surface area contributed by atoms with E-state index in [4.69, 9.17) is 0 Å². The lowest BCUT2D eigenvalue weighted by Gasteiger charge is -2.15. The van der Waals surface area contributed by atoms with E-state index in [1.807, 2.05) is 49.7 Å². The van der Waals surface area contributed by atoms with E-state index < -0.39 is 0 Å². The van der Waals surface area contributed by atoms with Crippen LogP contribution >= 0.6 is 0 Å². The predicted molar refractivity (Wildman–Crippen MR) is 99.7 cm³/mol. The predicted octanol–water partition coefficient (Wildman–Crippen LogP) is 3.19. The first-order chi connectivity index (χ1) is 12.5. The summed E-state index contributed by atoms with van der Waals surface area (Å²) in [6, 6.07) is 7.36. The number of aromatic amines is 1. The van der Waals surface area contributed by atoms with Gasteiger partial charge in [0.15, 0.2) is 0 Å². The second kappa shape index (κ2) is 7.51. The van der Waals surface area contributed by atoms with Crippen molar-refractivity contribution in [3.63, 3.8) is 0 Å². The molecule has 3 rings (SSSR count). The van der Waals surface area contributed by atoms with Crippen molar-refractivity contribution >= 4 is 5.91 Å². The highest BCUT2D eigenvalue weighted by Crippen LogP contribution is 2.26. The van der Waals surface area contributed by atoms with Crippen molar-refractivity contribution in [3.8, 4) is 11.1 Å². The lowest BCUT2D eigenvalue weighted by atomic mass is 10.0. The second-order valence-corrected chi connectivity index (χ2v) is 6.43. The average Bonchev–Trinajstić information content (AvgIpc) is 3.22. The molecule has 1 atom stereocenters. The van der Waals surface area contributed by atoms with Gasteiger partial charge < -0.3 is 5.32 Å². The maximum Gasteiger partial charge on any atom is 0.251 e. The smallest absolute Gasteiger partial charge is 0.251 e.